The number of imide groups is 1. The number of ether oxygens (including phenoxy) is 2. The van der Waals surface area contributed by atoms with Gasteiger partial charge in [0.1, 0.15) is 19.8 Å². The Kier molecular flexibility index (Phi) is 4.44. The van der Waals surface area contributed by atoms with Gasteiger partial charge in [-0.25, -0.2) is 4.98 Å². The molecule has 0 unspecified atom stereocenters. The lowest BCUT2D eigenvalue weighted by molar-refractivity contribution is -0.116. The van der Waals surface area contributed by atoms with Gasteiger partial charge in [0.05, 0.1) is 16.8 Å². The quantitative estimate of drug-likeness (QED) is 0.651. The largest absolute Gasteiger partial charge is 0.486 e. The van der Waals surface area contributed by atoms with Crippen molar-refractivity contribution < 1.29 is 23.9 Å². The van der Waals surface area contributed by atoms with Gasteiger partial charge in [-0.3, -0.25) is 19.3 Å². The van der Waals surface area contributed by atoms with Gasteiger partial charge >= 0.3 is 0 Å². The van der Waals surface area contributed by atoms with Gasteiger partial charge in [0.25, 0.3) is 11.8 Å². The summed E-state index contributed by atoms with van der Waals surface area (Å²) in [7, 11) is 0. The van der Waals surface area contributed by atoms with Crippen LogP contribution in [0.2, 0.25) is 0 Å². The Morgan fingerprint density at radius 2 is 1.73 bits per heavy atom. The highest BCUT2D eigenvalue weighted by Gasteiger charge is 2.36. The van der Waals surface area contributed by atoms with Crippen molar-refractivity contribution in [1.82, 2.24) is 9.88 Å². The average Bonchev–Trinajstić information content (AvgIpc) is 3.32. The highest BCUT2D eigenvalue weighted by Crippen LogP contribution is 2.35. The molecule has 8 nitrogen and oxygen atoms in total. The topological polar surface area (TPSA) is 97.8 Å². The molecule has 0 spiro atoms. The first-order valence-electron chi connectivity index (χ1n) is 9.21. The summed E-state index contributed by atoms with van der Waals surface area (Å²) in [4.78, 5) is 42.6. The van der Waals surface area contributed by atoms with Gasteiger partial charge in [-0.15, -0.1) is 11.3 Å². The molecule has 3 amide bonds. The Bertz CT molecular complexity index is 1150. The number of fused-ring (bicyclic) bond motifs is 2. The summed E-state index contributed by atoms with van der Waals surface area (Å²) >= 11 is 1.25. The van der Waals surface area contributed by atoms with Gasteiger partial charge in [0.15, 0.2) is 16.6 Å². The second kappa shape index (κ2) is 7.27. The molecule has 2 aromatic carbocycles. The number of aromatic nitrogens is 1. The third-order valence-corrected chi connectivity index (χ3v) is 5.53. The van der Waals surface area contributed by atoms with Gasteiger partial charge in [-0.1, -0.05) is 12.1 Å². The number of amides is 3. The molecule has 1 aromatic heterocycles. The van der Waals surface area contributed by atoms with Gasteiger partial charge in [0, 0.05) is 10.9 Å². The minimum atomic E-state index is -0.493. The van der Waals surface area contributed by atoms with Crippen LogP contribution in [0.5, 0.6) is 11.5 Å². The maximum absolute atomic E-state index is 12.4. The van der Waals surface area contributed by atoms with Crippen molar-refractivity contribution in [2.45, 2.75) is 0 Å². The van der Waals surface area contributed by atoms with Crippen LogP contribution in [0.4, 0.5) is 5.13 Å². The van der Waals surface area contributed by atoms with Crippen LogP contribution < -0.4 is 14.8 Å². The lowest BCUT2D eigenvalue weighted by Crippen LogP contribution is -2.37. The summed E-state index contributed by atoms with van der Waals surface area (Å²) in [5.41, 5.74) is 2.13. The van der Waals surface area contributed by atoms with Crippen LogP contribution >= 0.6 is 11.3 Å². The molecule has 0 saturated heterocycles. The first-order chi connectivity index (χ1) is 14.6. The number of benzene rings is 2. The minimum absolute atomic E-state index is 0.311. The molecule has 0 atom stereocenters. The molecule has 2 aliphatic heterocycles. The lowest BCUT2D eigenvalue weighted by Gasteiger charge is -2.18. The second-order valence-electron chi connectivity index (χ2n) is 6.69. The molecule has 0 saturated carbocycles. The van der Waals surface area contributed by atoms with E-state index in [-0.39, 0.29) is 6.54 Å². The van der Waals surface area contributed by atoms with Crippen LogP contribution in [-0.4, -0.2) is 47.4 Å². The van der Waals surface area contributed by atoms with Crippen LogP contribution in [0, 0.1) is 0 Å². The predicted octanol–water partition coefficient (Wildman–Crippen LogP) is 2.82. The van der Waals surface area contributed by atoms with Gasteiger partial charge in [-0.2, -0.15) is 0 Å². The summed E-state index contributed by atoms with van der Waals surface area (Å²) in [6.07, 6.45) is 0. The van der Waals surface area contributed by atoms with E-state index in [1.54, 1.807) is 24.3 Å². The Morgan fingerprint density at radius 1 is 1.03 bits per heavy atom. The molecule has 1 N–H and O–H groups in total. The third kappa shape index (κ3) is 3.18. The summed E-state index contributed by atoms with van der Waals surface area (Å²) < 4.78 is 11.1. The maximum Gasteiger partial charge on any atom is 0.262 e. The van der Waals surface area contributed by atoms with Crippen molar-refractivity contribution in [1.29, 1.82) is 0 Å². The van der Waals surface area contributed by atoms with E-state index in [0.29, 0.717) is 46.7 Å². The van der Waals surface area contributed by atoms with Crippen molar-refractivity contribution in [2.24, 2.45) is 0 Å². The summed E-state index contributed by atoms with van der Waals surface area (Å²) in [5.74, 6) is -0.0889. The summed E-state index contributed by atoms with van der Waals surface area (Å²) in [6, 6.07) is 12.1. The van der Waals surface area contributed by atoms with Crippen molar-refractivity contribution in [3.8, 4) is 22.8 Å². The highest BCUT2D eigenvalue weighted by molar-refractivity contribution is 7.14. The van der Waals surface area contributed by atoms with Crippen LogP contribution in [0.3, 0.4) is 0 Å². The Labute approximate surface area is 175 Å². The fourth-order valence-corrected chi connectivity index (χ4v) is 4.09. The lowest BCUT2D eigenvalue weighted by atomic mass is 10.1. The minimum Gasteiger partial charge on any atom is -0.486 e. The molecule has 2 aliphatic rings. The van der Waals surface area contributed by atoms with Crippen LogP contribution in [0.15, 0.2) is 47.8 Å². The molecule has 0 radical (unpaired) electrons. The van der Waals surface area contributed by atoms with Crippen LogP contribution in [-0.2, 0) is 4.79 Å². The van der Waals surface area contributed by atoms with Crippen molar-refractivity contribution in [3.05, 3.63) is 59.0 Å². The summed E-state index contributed by atoms with van der Waals surface area (Å²) in [5, 5.41) is 4.84. The average molecular weight is 421 g/mol. The van der Waals surface area contributed by atoms with Crippen molar-refractivity contribution >= 4 is 34.2 Å². The third-order valence-electron chi connectivity index (χ3n) is 4.77. The molecule has 3 heterocycles. The van der Waals surface area contributed by atoms with Crippen molar-refractivity contribution in [3.63, 3.8) is 0 Å². The molecule has 5 rings (SSSR count). The normalized spacial score (nSPS) is 14.6. The second-order valence-corrected chi connectivity index (χ2v) is 7.54. The molecule has 0 aliphatic carbocycles. The molecule has 30 heavy (non-hydrogen) atoms. The fourth-order valence-electron chi connectivity index (χ4n) is 3.35. The zero-order valence-corrected chi connectivity index (χ0v) is 16.4. The van der Waals surface area contributed by atoms with E-state index in [0.717, 1.165) is 10.5 Å². The number of thiazole rings is 1. The maximum atomic E-state index is 12.4. The van der Waals surface area contributed by atoms with Gasteiger partial charge in [-0.05, 0) is 30.3 Å². The van der Waals surface area contributed by atoms with Crippen LogP contribution in [0.25, 0.3) is 11.3 Å². The zero-order chi connectivity index (χ0) is 20.7. The first-order valence-corrected chi connectivity index (χ1v) is 10.1. The molecule has 9 heteroatoms. The molecule has 0 bridgehead atoms. The van der Waals surface area contributed by atoms with E-state index >= 15 is 0 Å². The standard InChI is InChI=1S/C21H15N3O5S/c25-18(10-24-19(26)13-3-1-2-4-14(13)20(24)27)23-21-22-15(11-30-21)12-5-6-16-17(9-12)29-8-7-28-16/h1-6,9,11H,7-8,10H2,(H,22,23,25). The molecule has 3 aromatic rings. The number of carbonyl (C=O) groups is 3. The van der Waals surface area contributed by atoms with Gasteiger partial charge < -0.3 is 14.8 Å². The van der Waals surface area contributed by atoms with E-state index in [2.05, 4.69) is 10.3 Å². The first kappa shape index (κ1) is 18.3. The number of hydrogen-bond donors (Lipinski definition) is 1. The fraction of sp³-hybridized carbons (Fsp3) is 0.143. The Morgan fingerprint density at radius 3 is 2.47 bits per heavy atom. The zero-order valence-electron chi connectivity index (χ0n) is 15.6. The number of nitrogens with one attached hydrogen (secondary N) is 1. The SMILES string of the molecule is O=C(CN1C(=O)c2ccccc2C1=O)Nc1nc(-c2ccc3c(c2)OCCO3)cs1. The Balaban J connectivity index is 1.27. The monoisotopic (exact) mass is 421 g/mol. The molecule has 0 fully saturated rings. The highest BCUT2D eigenvalue weighted by atomic mass is 32.1. The van der Waals surface area contributed by atoms with Crippen LogP contribution in [0.1, 0.15) is 20.7 Å². The molecule has 150 valence electrons. The molecular formula is C21H15N3O5S. The van der Waals surface area contributed by atoms with E-state index in [1.165, 1.54) is 11.3 Å². The number of hydrogen-bond acceptors (Lipinski definition) is 7. The number of rotatable bonds is 4. The number of carbonyl (C=O) groups excluding carboxylic acids is 3. The van der Waals surface area contributed by atoms with Gasteiger partial charge in [0.2, 0.25) is 5.91 Å². The Hall–Kier alpha value is -3.72. The van der Waals surface area contributed by atoms with Crippen molar-refractivity contribution in [2.75, 3.05) is 25.1 Å². The smallest absolute Gasteiger partial charge is 0.262 e. The van der Waals surface area contributed by atoms with E-state index in [9.17, 15) is 14.4 Å². The van der Waals surface area contributed by atoms with E-state index in [1.807, 2.05) is 23.6 Å². The predicted molar refractivity (Wildman–Crippen MR) is 109 cm³/mol. The number of nitrogens with zero attached hydrogens (tertiary/aromatic N) is 2. The molecular weight excluding hydrogens is 406 g/mol. The van der Waals surface area contributed by atoms with E-state index in [4.69, 9.17) is 9.47 Å². The summed E-state index contributed by atoms with van der Waals surface area (Å²) in [6.45, 7) is 0.643. The van der Waals surface area contributed by atoms with E-state index < -0.39 is 17.7 Å². The number of anilines is 1.